The number of aryl methyl sites for hydroxylation is 4. The number of nitrogens with one attached hydrogen (secondary N) is 1. The molecular formula is C25H26N4O3S2. The van der Waals surface area contributed by atoms with Crippen molar-refractivity contribution in [3.63, 3.8) is 0 Å². The van der Waals surface area contributed by atoms with Crippen LogP contribution >= 0.6 is 23.1 Å². The number of esters is 1. The SMILES string of the molecule is COC(=O)c1c(NC(=O)CSc2nnc3c(C)cc4ccc(C)c(C)c4n23)sc2c1CCCC2. The molecule has 0 saturated heterocycles. The maximum atomic E-state index is 12.9. The van der Waals surface area contributed by atoms with E-state index in [0.29, 0.717) is 15.7 Å². The molecule has 0 fully saturated rings. The van der Waals surface area contributed by atoms with E-state index in [4.69, 9.17) is 4.74 Å². The summed E-state index contributed by atoms with van der Waals surface area (Å²) < 4.78 is 7.06. The molecule has 0 aliphatic heterocycles. The van der Waals surface area contributed by atoms with Gasteiger partial charge < -0.3 is 10.1 Å². The number of hydrogen-bond acceptors (Lipinski definition) is 7. The summed E-state index contributed by atoms with van der Waals surface area (Å²) in [7, 11) is 1.38. The van der Waals surface area contributed by atoms with Gasteiger partial charge in [-0.05, 0) is 80.2 Å². The van der Waals surface area contributed by atoms with Crippen LogP contribution in [0.25, 0.3) is 16.6 Å². The van der Waals surface area contributed by atoms with E-state index in [1.807, 2.05) is 6.92 Å². The molecule has 1 amide bonds. The molecule has 1 N–H and O–H groups in total. The fourth-order valence-corrected chi connectivity index (χ4v) is 6.65. The molecule has 176 valence electrons. The van der Waals surface area contributed by atoms with Gasteiger partial charge in [0.15, 0.2) is 10.8 Å². The number of carbonyl (C=O) groups excluding carboxylic acids is 2. The van der Waals surface area contributed by atoms with Gasteiger partial charge in [0.05, 0.1) is 23.9 Å². The Bertz CT molecular complexity index is 1450. The number of carbonyl (C=O) groups is 2. The molecule has 0 bridgehead atoms. The third-order valence-electron chi connectivity index (χ3n) is 6.46. The van der Waals surface area contributed by atoms with Crippen molar-refractivity contribution in [3.05, 3.63) is 50.9 Å². The van der Waals surface area contributed by atoms with Gasteiger partial charge in [0.1, 0.15) is 5.00 Å². The quantitative estimate of drug-likeness (QED) is 0.301. The summed E-state index contributed by atoms with van der Waals surface area (Å²) in [6, 6.07) is 6.35. The van der Waals surface area contributed by atoms with Gasteiger partial charge in [-0.15, -0.1) is 21.5 Å². The predicted octanol–water partition coefficient (Wildman–Crippen LogP) is 5.27. The molecule has 7 nitrogen and oxygen atoms in total. The Morgan fingerprint density at radius 2 is 1.94 bits per heavy atom. The van der Waals surface area contributed by atoms with Crippen molar-refractivity contribution in [3.8, 4) is 0 Å². The van der Waals surface area contributed by atoms with Crippen LogP contribution in [-0.2, 0) is 22.4 Å². The summed E-state index contributed by atoms with van der Waals surface area (Å²) in [5.74, 6) is -0.418. The van der Waals surface area contributed by atoms with Crippen LogP contribution in [0.4, 0.5) is 5.00 Å². The Morgan fingerprint density at radius 1 is 1.15 bits per heavy atom. The molecule has 1 aliphatic carbocycles. The third-order valence-corrected chi connectivity index (χ3v) is 8.60. The largest absolute Gasteiger partial charge is 0.465 e. The molecule has 9 heteroatoms. The van der Waals surface area contributed by atoms with Gasteiger partial charge in [-0.2, -0.15) is 0 Å². The Morgan fingerprint density at radius 3 is 2.74 bits per heavy atom. The molecule has 4 aromatic rings. The van der Waals surface area contributed by atoms with E-state index in [9.17, 15) is 9.59 Å². The number of ether oxygens (including phenoxy) is 1. The Kier molecular flexibility index (Phi) is 6.07. The van der Waals surface area contributed by atoms with Crippen molar-refractivity contribution in [2.24, 2.45) is 0 Å². The van der Waals surface area contributed by atoms with E-state index < -0.39 is 5.97 Å². The number of aromatic nitrogens is 3. The molecule has 1 aliphatic rings. The maximum absolute atomic E-state index is 12.9. The van der Waals surface area contributed by atoms with Gasteiger partial charge >= 0.3 is 5.97 Å². The number of methoxy groups -OCH3 is 1. The van der Waals surface area contributed by atoms with E-state index in [1.165, 1.54) is 46.2 Å². The smallest absolute Gasteiger partial charge is 0.341 e. The van der Waals surface area contributed by atoms with E-state index in [1.54, 1.807) is 0 Å². The van der Waals surface area contributed by atoms with E-state index in [2.05, 4.69) is 52.0 Å². The minimum absolute atomic E-state index is 0.157. The van der Waals surface area contributed by atoms with Crippen LogP contribution < -0.4 is 5.32 Å². The third kappa shape index (κ3) is 3.86. The zero-order chi connectivity index (χ0) is 24.0. The minimum atomic E-state index is -0.390. The Hall–Kier alpha value is -2.91. The lowest BCUT2D eigenvalue weighted by molar-refractivity contribution is -0.113. The van der Waals surface area contributed by atoms with Crippen LogP contribution in [0.2, 0.25) is 0 Å². The van der Waals surface area contributed by atoms with Gasteiger partial charge in [-0.1, -0.05) is 23.9 Å². The monoisotopic (exact) mass is 494 g/mol. The number of thiophene rings is 1. The molecule has 3 aromatic heterocycles. The van der Waals surface area contributed by atoms with Crippen molar-refractivity contribution in [1.82, 2.24) is 14.6 Å². The van der Waals surface area contributed by atoms with Crippen molar-refractivity contribution in [2.45, 2.75) is 51.6 Å². The zero-order valence-electron chi connectivity index (χ0n) is 19.7. The highest BCUT2D eigenvalue weighted by Gasteiger charge is 2.27. The zero-order valence-corrected chi connectivity index (χ0v) is 21.3. The van der Waals surface area contributed by atoms with Crippen molar-refractivity contribution >= 4 is 56.5 Å². The standard InChI is InChI=1S/C25H26N4O3S2/c1-13-9-10-16-11-14(2)22-27-28-25(29(22)21(16)15(13)3)33-12-19(30)26-23-20(24(31)32-4)17-7-5-6-8-18(17)34-23/h9-11H,5-8,12H2,1-4H3,(H,26,30). The van der Waals surface area contributed by atoms with E-state index >= 15 is 0 Å². The molecule has 0 spiro atoms. The number of anilines is 1. The van der Waals surface area contributed by atoms with Crippen LogP contribution in [0.1, 0.15) is 50.3 Å². The number of amides is 1. The highest BCUT2D eigenvalue weighted by molar-refractivity contribution is 7.99. The van der Waals surface area contributed by atoms with Crippen molar-refractivity contribution in [2.75, 3.05) is 18.2 Å². The lowest BCUT2D eigenvalue weighted by Crippen LogP contribution is -2.16. The summed E-state index contributed by atoms with van der Waals surface area (Å²) in [6.45, 7) is 6.21. The predicted molar refractivity (Wildman–Crippen MR) is 136 cm³/mol. The highest BCUT2D eigenvalue weighted by Crippen LogP contribution is 2.38. The summed E-state index contributed by atoms with van der Waals surface area (Å²) in [6.07, 6.45) is 3.93. The van der Waals surface area contributed by atoms with Crippen molar-refractivity contribution in [1.29, 1.82) is 0 Å². The number of nitrogens with zero attached hydrogens (tertiary/aromatic N) is 3. The summed E-state index contributed by atoms with van der Waals surface area (Å²) in [4.78, 5) is 26.6. The maximum Gasteiger partial charge on any atom is 0.341 e. The number of thioether (sulfide) groups is 1. The van der Waals surface area contributed by atoms with Gasteiger partial charge in [0.25, 0.3) is 0 Å². The first-order valence-corrected chi connectivity index (χ1v) is 13.1. The highest BCUT2D eigenvalue weighted by atomic mass is 32.2. The number of benzene rings is 1. The average molecular weight is 495 g/mol. The lowest BCUT2D eigenvalue weighted by Gasteiger charge is -2.12. The number of pyridine rings is 1. The van der Waals surface area contributed by atoms with Crippen LogP contribution in [0.15, 0.2) is 23.4 Å². The fourth-order valence-electron chi connectivity index (χ4n) is 4.62. The molecule has 1 aromatic carbocycles. The van der Waals surface area contributed by atoms with Crippen LogP contribution in [0.3, 0.4) is 0 Å². The molecular weight excluding hydrogens is 468 g/mol. The molecule has 3 heterocycles. The number of fused-ring (bicyclic) bond motifs is 4. The van der Waals surface area contributed by atoms with Gasteiger partial charge in [-0.3, -0.25) is 9.20 Å². The number of hydrogen-bond donors (Lipinski definition) is 1. The van der Waals surface area contributed by atoms with E-state index in [0.717, 1.165) is 53.4 Å². The van der Waals surface area contributed by atoms with Gasteiger partial charge in [0.2, 0.25) is 5.91 Å². The molecule has 0 atom stereocenters. The number of rotatable bonds is 5. The first kappa shape index (κ1) is 22.9. The normalized spacial score (nSPS) is 13.3. The Labute approximate surface area is 205 Å². The molecule has 0 unspecified atom stereocenters. The van der Waals surface area contributed by atoms with Gasteiger partial charge in [-0.25, -0.2) is 4.79 Å². The van der Waals surface area contributed by atoms with Crippen LogP contribution in [0, 0.1) is 20.8 Å². The Balaban J connectivity index is 1.43. The molecule has 34 heavy (non-hydrogen) atoms. The minimum Gasteiger partial charge on any atom is -0.465 e. The summed E-state index contributed by atoms with van der Waals surface area (Å²) in [5.41, 5.74) is 6.79. The molecule has 0 saturated carbocycles. The summed E-state index contributed by atoms with van der Waals surface area (Å²) >= 11 is 2.83. The second-order valence-electron chi connectivity index (χ2n) is 8.66. The second kappa shape index (κ2) is 9.03. The first-order valence-electron chi connectivity index (χ1n) is 11.3. The van der Waals surface area contributed by atoms with E-state index in [-0.39, 0.29) is 11.7 Å². The average Bonchev–Trinajstić information content (AvgIpc) is 3.41. The van der Waals surface area contributed by atoms with Crippen molar-refractivity contribution < 1.29 is 14.3 Å². The lowest BCUT2D eigenvalue weighted by atomic mass is 9.95. The van der Waals surface area contributed by atoms with Gasteiger partial charge in [0, 0.05) is 4.88 Å². The first-order chi connectivity index (χ1) is 16.4. The fraction of sp³-hybridized carbons (Fsp3) is 0.360. The topological polar surface area (TPSA) is 85.6 Å². The van der Waals surface area contributed by atoms with Crippen LogP contribution in [0.5, 0.6) is 0 Å². The molecule has 0 radical (unpaired) electrons. The summed E-state index contributed by atoms with van der Waals surface area (Å²) in [5, 5.41) is 14.1. The van der Waals surface area contributed by atoms with Crippen LogP contribution in [-0.4, -0.2) is 39.3 Å². The second-order valence-corrected chi connectivity index (χ2v) is 10.7. The molecule has 5 rings (SSSR count).